The maximum Gasteiger partial charge on any atom is 0.256 e. The summed E-state index contributed by atoms with van der Waals surface area (Å²) in [6, 6.07) is 6.84. The van der Waals surface area contributed by atoms with Crippen LogP contribution in [0.15, 0.2) is 24.3 Å². The van der Waals surface area contributed by atoms with E-state index >= 15 is 0 Å². The second kappa shape index (κ2) is 8.68. The smallest absolute Gasteiger partial charge is 0.256 e. The van der Waals surface area contributed by atoms with Gasteiger partial charge < -0.3 is 29.0 Å². The molecule has 5 unspecified atom stereocenters. The average Bonchev–Trinajstić information content (AvgIpc) is 3.37. The van der Waals surface area contributed by atoms with Crippen molar-refractivity contribution < 1.29 is 33.3 Å². The van der Waals surface area contributed by atoms with Crippen LogP contribution in [0.3, 0.4) is 0 Å². The molecule has 1 N–H and O–H groups in total. The minimum atomic E-state index is -0.887. The first-order valence-corrected chi connectivity index (χ1v) is 12.7. The second-order valence-electron chi connectivity index (χ2n) is 10.4. The molecule has 8 heteroatoms. The number of ketones is 1. The Kier molecular flexibility index (Phi) is 5.77. The molecule has 0 radical (unpaired) electrons. The number of hydrogen-bond donors (Lipinski definition) is 1. The van der Waals surface area contributed by atoms with Gasteiger partial charge in [0.1, 0.15) is 18.3 Å². The summed E-state index contributed by atoms with van der Waals surface area (Å²) in [6.07, 6.45) is 6.82. The average molecular weight is 472 g/mol. The largest absolute Gasteiger partial charge is 0.341 e. The fraction of sp³-hybridized carbons (Fsp3) is 0.692. The highest BCUT2D eigenvalue weighted by atomic mass is 16.9. The van der Waals surface area contributed by atoms with Gasteiger partial charge in [-0.2, -0.15) is 0 Å². The monoisotopic (exact) mass is 471 g/mol. The van der Waals surface area contributed by atoms with Gasteiger partial charge in [0.15, 0.2) is 29.8 Å². The van der Waals surface area contributed by atoms with Crippen molar-refractivity contribution in [1.29, 1.82) is 0 Å². The Bertz CT molecular complexity index is 935. The summed E-state index contributed by atoms with van der Waals surface area (Å²) < 4.78 is 32.2. The van der Waals surface area contributed by atoms with E-state index in [9.17, 15) is 9.59 Å². The Balaban J connectivity index is 1.25. The lowest BCUT2D eigenvalue weighted by molar-refractivity contribution is -0.246. The number of carbonyl (C=O) groups excluding carboxylic acids is 2. The Morgan fingerprint density at radius 1 is 0.765 bits per heavy atom. The molecule has 8 nitrogen and oxygen atoms in total. The van der Waals surface area contributed by atoms with Crippen LogP contribution >= 0.6 is 0 Å². The Labute approximate surface area is 199 Å². The third-order valence-electron chi connectivity index (χ3n) is 7.93. The molecular formula is C26H33NO7. The lowest BCUT2D eigenvalue weighted by atomic mass is 9.94. The lowest BCUT2D eigenvalue weighted by Gasteiger charge is -2.36. The molecule has 5 atom stereocenters. The van der Waals surface area contributed by atoms with Crippen LogP contribution in [0.25, 0.3) is 0 Å². The minimum Gasteiger partial charge on any atom is -0.341 e. The van der Waals surface area contributed by atoms with Gasteiger partial charge in [-0.1, -0.05) is 12.8 Å². The second-order valence-corrected chi connectivity index (χ2v) is 10.4. The van der Waals surface area contributed by atoms with Gasteiger partial charge in [0, 0.05) is 36.9 Å². The predicted molar refractivity (Wildman–Crippen MR) is 121 cm³/mol. The molecule has 0 aromatic heterocycles. The molecule has 5 aliphatic rings. The van der Waals surface area contributed by atoms with Gasteiger partial charge in [0.25, 0.3) is 5.91 Å². The van der Waals surface area contributed by atoms with Crippen molar-refractivity contribution in [3.63, 3.8) is 0 Å². The van der Waals surface area contributed by atoms with Gasteiger partial charge >= 0.3 is 0 Å². The summed E-state index contributed by atoms with van der Waals surface area (Å²) in [7, 11) is 0. The van der Waals surface area contributed by atoms with Crippen LogP contribution in [-0.2, 0) is 28.5 Å². The topological polar surface area (TPSA) is 92.3 Å². The number of rotatable bonds is 3. The highest BCUT2D eigenvalue weighted by molar-refractivity contribution is 5.97. The zero-order valence-corrected chi connectivity index (χ0v) is 19.6. The number of nitrogens with one attached hydrogen (secondary N) is 1. The van der Waals surface area contributed by atoms with E-state index in [0.717, 1.165) is 57.8 Å². The third-order valence-corrected chi connectivity index (χ3v) is 7.93. The fourth-order valence-corrected chi connectivity index (χ4v) is 6.17. The van der Waals surface area contributed by atoms with Gasteiger partial charge in [-0.3, -0.25) is 9.59 Å². The first-order chi connectivity index (χ1) is 16.5. The van der Waals surface area contributed by atoms with E-state index in [1.165, 1.54) is 13.3 Å². The van der Waals surface area contributed by atoms with E-state index in [0.29, 0.717) is 11.3 Å². The van der Waals surface area contributed by atoms with E-state index in [1.807, 2.05) is 0 Å². The van der Waals surface area contributed by atoms with Gasteiger partial charge in [-0.15, -0.1) is 0 Å². The van der Waals surface area contributed by atoms with Crippen LogP contribution in [0.5, 0.6) is 0 Å². The molecule has 1 aromatic carbocycles. The van der Waals surface area contributed by atoms with Crippen LogP contribution < -0.4 is 5.32 Å². The predicted octanol–water partition coefficient (Wildman–Crippen LogP) is 4.07. The van der Waals surface area contributed by atoms with Crippen molar-refractivity contribution in [2.24, 2.45) is 0 Å². The zero-order valence-electron chi connectivity index (χ0n) is 19.6. The van der Waals surface area contributed by atoms with Crippen molar-refractivity contribution in [2.45, 2.75) is 113 Å². The van der Waals surface area contributed by atoms with Crippen LogP contribution in [0.2, 0.25) is 0 Å². The molecule has 3 saturated heterocycles. The highest BCUT2D eigenvalue weighted by Crippen LogP contribution is 2.51. The van der Waals surface area contributed by atoms with Crippen molar-refractivity contribution in [3.05, 3.63) is 29.8 Å². The van der Waals surface area contributed by atoms with Crippen molar-refractivity contribution in [1.82, 2.24) is 0 Å². The Hall–Kier alpha value is -1.84. The molecule has 5 fully saturated rings. The third kappa shape index (κ3) is 3.99. The number of anilines is 1. The standard InChI is InChI=1S/C26H33NO7/c1-16(28)17-8-10-18(11-9-17)27-23(29)21-19-20(32-25(31-19)12-4-2-5-13-25)22-24(30-21)34-26(33-22)14-6-3-7-15-26/h8-11,19-22,24H,2-7,12-15H2,1H3,(H,27,29). The number of fused-ring (bicyclic) bond motifs is 3. The lowest BCUT2D eigenvalue weighted by Crippen LogP contribution is -2.58. The van der Waals surface area contributed by atoms with Crippen molar-refractivity contribution in [3.8, 4) is 0 Å². The molecular weight excluding hydrogens is 438 g/mol. The van der Waals surface area contributed by atoms with E-state index in [-0.39, 0.29) is 11.7 Å². The molecule has 2 aliphatic carbocycles. The summed E-state index contributed by atoms with van der Waals surface area (Å²) in [4.78, 5) is 25.0. The van der Waals surface area contributed by atoms with Crippen LogP contribution in [0.4, 0.5) is 5.69 Å². The number of hydrogen-bond acceptors (Lipinski definition) is 7. The molecule has 3 aliphatic heterocycles. The summed E-state index contributed by atoms with van der Waals surface area (Å²) in [5.41, 5.74) is 1.19. The normalized spacial score (nSPS) is 35.6. The molecule has 3 heterocycles. The van der Waals surface area contributed by atoms with Gasteiger partial charge in [-0.25, -0.2) is 0 Å². The zero-order chi connectivity index (χ0) is 23.3. The summed E-state index contributed by atoms with van der Waals surface area (Å²) in [6.45, 7) is 1.52. The molecule has 34 heavy (non-hydrogen) atoms. The quantitative estimate of drug-likeness (QED) is 0.664. The maximum atomic E-state index is 13.4. The summed E-state index contributed by atoms with van der Waals surface area (Å²) >= 11 is 0. The van der Waals surface area contributed by atoms with E-state index in [2.05, 4.69) is 5.32 Å². The van der Waals surface area contributed by atoms with E-state index < -0.39 is 42.3 Å². The maximum absolute atomic E-state index is 13.4. The van der Waals surface area contributed by atoms with Gasteiger partial charge in [0.2, 0.25) is 0 Å². The summed E-state index contributed by atoms with van der Waals surface area (Å²) in [5, 5.41) is 2.93. The van der Waals surface area contributed by atoms with E-state index in [1.54, 1.807) is 24.3 Å². The van der Waals surface area contributed by atoms with Crippen LogP contribution in [0.1, 0.15) is 81.5 Å². The number of carbonyl (C=O) groups is 2. The molecule has 2 spiro atoms. The van der Waals surface area contributed by atoms with Gasteiger partial charge in [0.05, 0.1) is 0 Å². The fourth-order valence-electron chi connectivity index (χ4n) is 6.17. The molecule has 0 bridgehead atoms. The first-order valence-electron chi connectivity index (χ1n) is 12.7. The summed E-state index contributed by atoms with van der Waals surface area (Å²) in [5.74, 6) is -1.67. The molecule has 1 aromatic rings. The SMILES string of the molecule is CC(=O)c1ccc(NC(=O)C2OC3OC4(CCCCC4)OC3C3OC4(CCCCC4)OC23)cc1. The molecule has 184 valence electrons. The highest BCUT2D eigenvalue weighted by Gasteiger charge is 2.65. The van der Waals surface area contributed by atoms with E-state index in [4.69, 9.17) is 23.7 Å². The number of benzene rings is 1. The molecule has 1 amide bonds. The van der Waals surface area contributed by atoms with Crippen molar-refractivity contribution >= 4 is 17.4 Å². The Morgan fingerprint density at radius 2 is 1.32 bits per heavy atom. The number of ether oxygens (including phenoxy) is 5. The van der Waals surface area contributed by atoms with Crippen LogP contribution in [-0.4, -0.2) is 54.0 Å². The number of Topliss-reactive ketones (excluding diaryl/α,β-unsaturated/α-hetero) is 1. The van der Waals surface area contributed by atoms with Gasteiger partial charge in [-0.05, 0) is 56.9 Å². The molecule has 2 saturated carbocycles. The minimum absolute atomic E-state index is 0.0216. The van der Waals surface area contributed by atoms with Crippen molar-refractivity contribution in [2.75, 3.05) is 5.32 Å². The first kappa shape index (κ1) is 22.6. The number of amides is 1. The Morgan fingerprint density at radius 3 is 1.94 bits per heavy atom. The van der Waals surface area contributed by atoms with Crippen LogP contribution in [0, 0.1) is 0 Å². The molecule has 6 rings (SSSR count).